The molecule has 1 aromatic carbocycles. The first-order valence-corrected chi connectivity index (χ1v) is 8.41. The van der Waals surface area contributed by atoms with Gasteiger partial charge in [-0.3, -0.25) is 9.59 Å². The van der Waals surface area contributed by atoms with Crippen molar-refractivity contribution in [2.45, 2.75) is 37.6 Å². The first-order valence-electron chi connectivity index (χ1n) is 8.41. The maximum Gasteiger partial charge on any atom is 0.405 e. The average Bonchev–Trinajstić information content (AvgIpc) is 2.60. The highest BCUT2D eigenvalue weighted by Crippen LogP contribution is 2.27. The zero-order valence-corrected chi connectivity index (χ0v) is 14.0. The number of rotatable bonds is 4. The minimum Gasteiger partial charge on any atom is -0.465 e. The fraction of sp³-hybridized carbons (Fsp3) is 0.389. The van der Waals surface area contributed by atoms with Crippen molar-refractivity contribution in [2.75, 3.05) is 6.54 Å². The molecular weight excluding hydrogens is 343 g/mol. The second-order valence-corrected chi connectivity index (χ2v) is 6.57. The monoisotopic (exact) mass is 362 g/mol. The molecule has 0 radical (unpaired) electrons. The molecule has 1 fully saturated rings. The van der Waals surface area contributed by atoms with Crippen LogP contribution in [-0.2, 0) is 0 Å². The van der Waals surface area contributed by atoms with Crippen molar-refractivity contribution in [1.29, 1.82) is 0 Å². The maximum atomic E-state index is 13.2. The van der Waals surface area contributed by atoms with E-state index in [1.807, 2.05) is 0 Å². The lowest BCUT2D eigenvalue weighted by atomic mass is 9.81. The zero-order valence-electron chi connectivity index (χ0n) is 14.0. The molecule has 2 aromatic rings. The quantitative estimate of drug-likeness (QED) is 0.775. The Morgan fingerprint density at radius 1 is 1.19 bits per heavy atom. The van der Waals surface area contributed by atoms with Crippen LogP contribution >= 0.6 is 0 Å². The number of amides is 2. The van der Waals surface area contributed by atoms with Crippen LogP contribution in [0, 0.1) is 5.82 Å². The van der Waals surface area contributed by atoms with Crippen LogP contribution in [0.15, 0.2) is 33.5 Å². The van der Waals surface area contributed by atoms with E-state index in [0.29, 0.717) is 12.8 Å². The lowest BCUT2D eigenvalue weighted by Gasteiger charge is -2.37. The highest BCUT2D eigenvalue weighted by Gasteiger charge is 2.34. The van der Waals surface area contributed by atoms with Crippen LogP contribution in [0.25, 0.3) is 11.0 Å². The third-order valence-corrected chi connectivity index (χ3v) is 4.68. The molecule has 0 spiro atoms. The van der Waals surface area contributed by atoms with Crippen LogP contribution < -0.4 is 16.1 Å². The van der Waals surface area contributed by atoms with Gasteiger partial charge >= 0.3 is 6.09 Å². The number of carboxylic acid groups (broad SMARTS) is 1. The molecule has 0 aliphatic heterocycles. The van der Waals surface area contributed by atoms with E-state index in [9.17, 15) is 18.8 Å². The van der Waals surface area contributed by atoms with E-state index in [-0.39, 0.29) is 23.3 Å². The summed E-state index contributed by atoms with van der Waals surface area (Å²) in [6.07, 6.45) is 2.87. The van der Waals surface area contributed by atoms with E-state index in [4.69, 9.17) is 9.52 Å². The zero-order chi connectivity index (χ0) is 18.7. The number of carbonyl (C=O) groups is 2. The van der Waals surface area contributed by atoms with Gasteiger partial charge in [0.15, 0.2) is 11.2 Å². The lowest BCUT2D eigenvalue weighted by Crippen LogP contribution is -2.56. The summed E-state index contributed by atoms with van der Waals surface area (Å²) in [7, 11) is 0. The summed E-state index contributed by atoms with van der Waals surface area (Å²) in [5, 5.41) is 14.3. The number of benzene rings is 1. The van der Waals surface area contributed by atoms with Gasteiger partial charge in [0, 0.05) is 12.6 Å². The molecule has 1 aromatic heterocycles. The molecule has 7 nitrogen and oxygen atoms in total. The number of nitrogens with one attached hydrogen (secondary N) is 2. The van der Waals surface area contributed by atoms with Gasteiger partial charge in [0.25, 0.3) is 5.91 Å². The van der Waals surface area contributed by atoms with Gasteiger partial charge < -0.3 is 20.2 Å². The molecule has 0 saturated heterocycles. The molecule has 1 aliphatic rings. The van der Waals surface area contributed by atoms with Gasteiger partial charge in [0.2, 0.25) is 0 Å². The number of carbonyl (C=O) groups excluding carboxylic acids is 1. The molecule has 2 amide bonds. The fourth-order valence-corrected chi connectivity index (χ4v) is 3.38. The smallest absolute Gasteiger partial charge is 0.405 e. The van der Waals surface area contributed by atoms with Crippen LogP contribution in [0.2, 0.25) is 0 Å². The summed E-state index contributed by atoms with van der Waals surface area (Å²) in [5.74, 6) is -1.39. The van der Waals surface area contributed by atoms with Crippen molar-refractivity contribution < 1.29 is 23.5 Å². The molecule has 0 unspecified atom stereocenters. The Kier molecular flexibility index (Phi) is 4.92. The van der Waals surface area contributed by atoms with Crippen molar-refractivity contribution in [2.24, 2.45) is 0 Å². The SMILES string of the molecule is O=C(O)NC1(CNC(=O)c2cc(=O)c3cc(F)ccc3o2)CCCCC1. The van der Waals surface area contributed by atoms with Gasteiger partial charge in [0.05, 0.1) is 10.9 Å². The summed E-state index contributed by atoms with van der Waals surface area (Å²) >= 11 is 0. The topological polar surface area (TPSA) is 109 Å². The Hall–Kier alpha value is -2.90. The maximum absolute atomic E-state index is 13.2. The summed E-state index contributed by atoms with van der Waals surface area (Å²) in [6.45, 7) is 0.100. The second-order valence-electron chi connectivity index (χ2n) is 6.57. The number of hydrogen-bond donors (Lipinski definition) is 3. The summed E-state index contributed by atoms with van der Waals surface area (Å²) in [5.41, 5.74) is -1.13. The summed E-state index contributed by atoms with van der Waals surface area (Å²) in [4.78, 5) is 35.6. The number of hydrogen-bond acceptors (Lipinski definition) is 4. The molecule has 3 rings (SSSR count). The molecule has 138 valence electrons. The Morgan fingerprint density at radius 2 is 1.92 bits per heavy atom. The Labute approximate surface area is 148 Å². The lowest BCUT2D eigenvalue weighted by molar-refractivity contribution is 0.0897. The molecule has 1 saturated carbocycles. The molecule has 1 heterocycles. The predicted molar refractivity (Wildman–Crippen MR) is 91.8 cm³/mol. The number of fused-ring (bicyclic) bond motifs is 1. The van der Waals surface area contributed by atoms with Crippen molar-refractivity contribution in [1.82, 2.24) is 10.6 Å². The normalized spacial score (nSPS) is 16.2. The van der Waals surface area contributed by atoms with E-state index in [0.717, 1.165) is 37.5 Å². The summed E-state index contributed by atoms with van der Waals surface area (Å²) < 4.78 is 18.6. The Bertz CT molecular complexity index is 902. The van der Waals surface area contributed by atoms with E-state index in [1.165, 1.54) is 6.07 Å². The average molecular weight is 362 g/mol. The van der Waals surface area contributed by atoms with Crippen molar-refractivity contribution >= 4 is 23.0 Å². The van der Waals surface area contributed by atoms with E-state index in [1.54, 1.807) is 0 Å². The van der Waals surface area contributed by atoms with Gasteiger partial charge in [-0.25, -0.2) is 9.18 Å². The highest BCUT2D eigenvalue weighted by atomic mass is 19.1. The van der Waals surface area contributed by atoms with Crippen molar-refractivity contribution in [3.8, 4) is 0 Å². The fourth-order valence-electron chi connectivity index (χ4n) is 3.38. The van der Waals surface area contributed by atoms with Crippen LogP contribution in [0.4, 0.5) is 9.18 Å². The minimum atomic E-state index is -1.14. The van der Waals surface area contributed by atoms with Gasteiger partial charge in [-0.15, -0.1) is 0 Å². The predicted octanol–water partition coefficient (Wildman–Crippen LogP) is 2.63. The third-order valence-electron chi connectivity index (χ3n) is 4.68. The van der Waals surface area contributed by atoms with Crippen LogP contribution in [0.1, 0.15) is 42.7 Å². The Balaban J connectivity index is 1.79. The van der Waals surface area contributed by atoms with Crippen molar-refractivity contribution in [3.63, 3.8) is 0 Å². The molecule has 0 atom stereocenters. The van der Waals surface area contributed by atoms with Crippen LogP contribution in [-0.4, -0.2) is 29.2 Å². The van der Waals surface area contributed by atoms with E-state index < -0.39 is 28.8 Å². The standard InChI is InChI=1S/C18H19FN2O5/c19-11-4-5-14-12(8-11)13(22)9-15(26-14)16(23)20-10-18(21-17(24)25)6-2-1-3-7-18/h4-5,8-9,21H,1-3,6-7,10H2,(H,20,23)(H,24,25). The second kappa shape index (κ2) is 7.15. The number of halogens is 1. The minimum absolute atomic E-state index is 0.0536. The van der Waals surface area contributed by atoms with Gasteiger partial charge in [0.1, 0.15) is 11.4 Å². The molecule has 0 bridgehead atoms. The van der Waals surface area contributed by atoms with Gasteiger partial charge in [-0.2, -0.15) is 0 Å². The van der Waals surface area contributed by atoms with E-state index in [2.05, 4.69) is 10.6 Å². The highest BCUT2D eigenvalue weighted by molar-refractivity contribution is 5.93. The van der Waals surface area contributed by atoms with Gasteiger partial charge in [-0.1, -0.05) is 19.3 Å². The molecule has 26 heavy (non-hydrogen) atoms. The van der Waals surface area contributed by atoms with Crippen LogP contribution in [0.5, 0.6) is 0 Å². The third kappa shape index (κ3) is 3.84. The molecular formula is C18H19FN2O5. The largest absolute Gasteiger partial charge is 0.465 e. The molecule has 1 aliphatic carbocycles. The van der Waals surface area contributed by atoms with Crippen LogP contribution in [0.3, 0.4) is 0 Å². The first kappa shape index (κ1) is 17.9. The molecule has 8 heteroatoms. The van der Waals surface area contributed by atoms with Gasteiger partial charge in [-0.05, 0) is 31.0 Å². The van der Waals surface area contributed by atoms with E-state index >= 15 is 0 Å². The Morgan fingerprint density at radius 3 is 2.62 bits per heavy atom. The van der Waals surface area contributed by atoms with Crippen molar-refractivity contribution in [3.05, 3.63) is 46.1 Å². The summed E-state index contributed by atoms with van der Waals surface area (Å²) in [6, 6.07) is 4.49. The first-order chi connectivity index (χ1) is 12.4. The molecule has 3 N–H and O–H groups in total.